The van der Waals surface area contributed by atoms with E-state index in [1.807, 2.05) is 6.92 Å². The van der Waals surface area contributed by atoms with Gasteiger partial charge in [0.1, 0.15) is 6.61 Å². The lowest BCUT2D eigenvalue weighted by molar-refractivity contribution is -0.155. The van der Waals surface area contributed by atoms with Crippen molar-refractivity contribution in [1.29, 1.82) is 0 Å². The van der Waals surface area contributed by atoms with Gasteiger partial charge in [0, 0.05) is 0 Å². The first-order valence-electron chi connectivity index (χ1n) is 4.09. The van der Waals surface area contributed by atoms with Crippen molar-refractivity contribution in [2.75, 3.05) is 6.61 Å². The van der Waals surface area contributed by atoms with Gasteiger partial charge < -0.3 is 9.84 Å². The van der Waals surface area contributed by atoms with E-state index in [0.29, 0.717) is 0 Å². The Kier molecular flexibility index (Phi) is 5.37. The highest BCUT2D eigenvalue weighted by Crippen LogP contribution is 2.08. The lowest BCUT2D eigenvalue weighted by Crippen LogP contribution is -2.29. The SMILES string of the molecule is C=CCOC(=O)C(O)C(C)CC. The van der Waals surface area contributed by atoms with Gasteiger partial charge in [-0.25, -0.2) is 4.79 Å². The summed E-state index contributed by atoms with van der Waals surface area (Å²) < 4.78 is 4.67. The van der Waals surface area contributed by atoms with Gasteiger partial charge in [-0.05, 0) is 5.92 Å². The summed E-state index contributed by atoms with van der Waals surface area (Å²) >= 11 is 0. The molecule has 0 heterocycles. The molecule has 0 aliphatic rings. The molecule has 12 heavy (non-hydrogen) atoms. The monoisotopic (exact) mass is 172 g/mol. The van der Waals surface area contributed by atoms with Crippen LogP contribution in [0.2, 0.25) is 0 Å². The fraction of sp³-hybridized carbons (Fsp3) is 0.667. The number of rotatable bonds is 5. The standard InChI is InChI=1S/C9H16O3/c1-4-6-12-9(11)8(10)7(3)5-2/h4,7-8,10H,1,5-6H2,2-3H3. The summed E-state index contributed by atoms with van der Waals surface area (Å²) in [5.74, 6) is -0.619. The van der Waals surface area contributed by atoms with Crippen LogP contribution in [0.15, 0.2) is 12.7 Å². The Hall–Kier alpha value is -0.830. The zero-order chi connectivity index (χ0) is 9.56. The largest absolute Gasteiger partial charge is 0.460 e. The second kappa shape index (κ2) is 5.77. The van der Waals surface area contributed by atoms with Gasteiger partial charge in [0.2, 0.25) is 0 Å². The number of carbonyl (C=O) groups is 1. The van der Waals surface area contributed by atoms with Crippen molar-refractivity contribution in [3.63, 3.8) is 0 Å². The van der Waals surface area contributed by atoms with Crippen molar-refractivity contribution in [1.82, 2.24) is 0 Å². The number of ether oxygens (including phenoxy) is 1. The number of hydrogen-bond acceptors (Lipinski definition) is 3. The van der Waals surface area contributed by atoms with E-state index in [1.165, 1.54) is 6.08 Å². The second-order valence-electron chi connectivity index (χ2n) is 2.75. The maximum Gasteiger partial charge on any atom is 0.335 e. The first kappa shape index (κ1) is 11.2. The van der Waals surface area contributed by atoms with E-state index < -0.39 is 12.1 Å². The van der Waals surface area contributed by atoms with Crippen molar-refractivity contribution in [2.45, 2.75) is 26.4 Å². The summed E-state index contributed by atoms with van der Waals surface area (Å²) in [7, 11) is 0. The summed E-state index contributed by atoms with van der Waals surface area (Å²) in [5.41, 5.74) is 0. The Morgan fingerprint density at radius 3 is 2.75 bits per heavy atom. The van der Waals surface area contributed by atoms with Crippen LogP contribution in [0, 0.1) is 5.92 Å². The van der Waals surface area contributed by atoms with Gasteiger partial charge in [0.15, 0.2) is 6.10 Å². The van der Waals surface area contributed by atoms with Gasteiger partial charge in [-0.2, -0.15) is 0 Å². The number of aliphatic hydroxyl groups excluding tert-OH is 1. The molecule has 1 N–H and O–H groups in total. The Morgan fingerprint density at radius 2 is 2.33 bits per heavy atom. The maximum absolute atomic E-state index is 11.0. The van der Waals surface area contributed by atoms with E-state index in [0.717, 1.165) is 6.42 Å². The summed E-state index contributed by atoms with van der Waals surface area (Å²) in [6, 6.07) is 0. The smallest absolute Gasteiger partial charge is 0.335 e. The predicted octanol–water partition coefficient (Wildman–Crippen LogP) is 1.12. The third kappa shape index (κ3) is 3.53. The third-order valence-corrected chi connectivity index (χ3v) is 1.77. The molecule has 2 unspecified atom stereocenters. The van der Waals surface area contributed by atoms with Gasteiger partial charge in [-0.15, -0.1) is 0 Å². The number of aliphatic hydroxyl groups is 1. The molecule has 0 aliphatic heterocycles. The van der Waals surface area contributed by atoms with Crippen LogP contribution in [-0.4, -0.2) is 23.8 Å². The van der Waals surface area contributed by atoms with Crippen LogP contribution in [0.1, 0.15) is 20.3 Å². The van der Waals surface area contributed by atoms with Crippen LogP contribution in [-0.2, 0) is 9.53 Å². The van der Waals surface area contributed by atoms with Crippen molar-refractivity contribution in [3.05, 3.63) is 12.7 Å². The zero-order valence-electron chi connectivity index (χ0n) is 7.62. The minimum atomic E-state index is -1.00. The molecule has 0 saturated heterocycles. The van der Waals surface area contributed by atoms with Gasteiger partial charge in [-0.1, -0.05) is 32.9 Å². The van der Waals surface area contributed by atoms with E-state index in [9.17, 15) is 9.90 Å². The fourth-order valence-electron chi connectivity index (χ4n) is 0.682. The van der Waals surface area contributed by atoms with E-state index in [4.69, 9.17) is 0 Å². The summed E-state index contributed by atoms with van der Waals surface area (Å²) in [4.78, 5) is 11.0. The molecule has 2 atom stereocenters. The Balaban J connectivity index is 3.83. The average molecular weight is 172 g/mol. The summed E-state index contributed by atoms with van der Waals surface area (Å²) in [6.45, 7) is 7.27. The molecule has 0 rings (SSSR count). The molecule has 0 aromatic carbocycles. The van der Waals surface area contributed by atoms with Crippen LogP contribution in [0.3, 0.4) is 0 Å². The Morgan fingerprint density at radius 1 is 1.75 bits per heavy atom. The number of esters is 1. The van der Waals surface area contributed by atoms with E-state index in [2.05, 4.69) is 11.3 Å². The molecule has 0 spiro atoms. The minimum absolute atomic E-state index is 0.0534. The average Bonchev–Trinajstić information content (AvgIpc) is 2.11. The van der Waals surface area contributed by atoms with E-state index in [-0.39, 0.29) is 12.5 Å². The van der Waals surface area contributed by atoms with Crippen LogP contribution in [0.25, 0.3) is 0 Å². The summed E-state index contributed by atoms with van der Waals surface area (Å²) in [6.07, 6.45) is 1.22. The molecule has 3 nitrogen and oxygen atoms in total. The van der Waals surface area contributed by atoms with Crippen LogP contribution in [0.4, 0.5) is 0 Å². The molecule has 0 saturated carbocycles. The van der Waals surface area contributed by atoms with Gasteiger partial charge >= 0.3 is 5.97 Å². The normalized spacial score (nSPS) is 14.9. The molecule has 0 aromatic rings. The van der Waals surface area contributed by atoms with E-state index in [1.54, 1.807) is 6.92 Å². The highest BCUT2D eigenvalue weighted by atomic mass is 16.5. The van der Waals surface area contributed by atoms with Gasteiger partial charge in [0.05, 0.1) is 0 Å². The Labute approximate surface area is 73.0 Å². The highest BCUT2D eigenvalue weighted by molar-refractivity contribution is 5.74. The second-order valence-corrected chi connectivity index (χ2v) is 2.75. The van der Waals surface area contributed by atoms with Crippen LogP contribution >= 0.6 is 0 Å². The molecule has 70 valence electrons. The van der Waals surface area contributed by atoms with Crippen LogP contribution < -0.4 is 0 Å². The van der Waals surface area contributed by atoms with Crippen molar-refractivity contribution in [2.24, 2.45) is 5.92 Å². The predicted molar refractivity (Wildman–Crippen MR) is 46.6 cm³/mol. The van der Waals surface area contributed by atoms with Crippen molar-refractivity contribution < 1.29 is 14.6 Å². The zero-order valence-corrected chi connectivity index (χ0v) is 7.62. The van der Waals surface area contributed by atoms with Crippen LogP contribution in [0.5, 0.6) is 0 Å². The molecule has 0 radical (unpaired) electrons. The third-order valence-electron chi connectivity index (χ3n) is 1.77. The molecule has 0 aromatic heterocycles. The molecular weight excluding hydrogens is 156 g/mol. The van der Waals surface area contributed by atoms with Gasteiger partial charge in [-0.3, -0.25) is 0 Å². The summed E-state index contributed by atoms with van der Waals surface area (Å²) in [5, 5.41) is 9.30. The van der Waals surface area contributed by atoms with Gasteiger partial charge in [0.25, 0.3) is 0 Å². The quantitative estimate of drug-likeness (QED) is 0.499. The minimum Gasteiger partial charge on any atom is -0.460 e. The maximum atomic E-state index is 11.0. The first-order chi connectivity index (χ1) is 5.63. The topological polar surface area (TPSA) is 46.5 Å². The van der Waals surface area contributed by atoms with Crippen molar-refractivity contribution in [3.8, 4) is 0 Å². The number of carbonyl (C=O) groups excluding carboxylic acids is 1. The number of hydrogen-bond donors (Lipinski definition) is 1. The molecule has 0 aliphatic carbocycles. The molecule has 0 amide bonds. The highest BCUT2D eigenvalue weighted by Gasteiger charge is 2.21. The first-order valence-corrected chi connectivity index (χ1v) is 4.09. The molecule has 3 heteroatoms. The van der Waals surface area contributed by atoms with Crippen molar-refractivity contribution >= 4 is 5.97 Å². The molecule has 0 bridgehead atoms. The molecule has 0 fully saturated rings. The van der Waals surface area contributed by atoms with E-state index >= 15 is 0 Å². The lowest BCUT2D eigenvalue weighted by atomic mass is 10.0. The lowest BCUT2D eigenvalue weighted by Gasteiger charge is -2.14. The Bertz CT molecular complexity index is 154. The molecular formula is C9H16O3. The fourth-order valence-corrected chi connectivity index (χ4v) is 0.682.